The monoisotopic (exact) mass is 367 g/mol. The third kappa shape index (κ3) is 4.41. The molecule has 1 aromatic carbocycles. The number of aryl methyl sites for hydroxylation is 1. The number of rotatable bonds is 6. The molecule has 0 aliphatic carbocycles. The molecule has 0 atom stereocenters. The molecule has 0 fully saturated rings. The molecule has 0 aliphatic heterocycles. The lowest BCUT2D eigenvalue weighted by Gasteiger charge is -2.14. The lowest BCUT2D eigenvalue weighted by molar-refractivity contribution is 0.0951. The van der Waals surface area contributed by atoms with Crippen LogP contribution in [0, 0.1) is 6.92 Å². The van der Waals surface area contributed by atoms with Crippen molar-refractivity contribution in [2.24, 2.45) is 0 Å². The molecule has 0 saturated heterocycles. The molecule has 8 heteroatoms. The van der Waals surface area contributed by atoms with E-state index in [0.29, 0.717) is 35.7 Å². The maximum absolute atomic E-state index is 12.3. The summed E-state index contributed by atoms with van der Waals surface area (Å²) in [6.07, 6.45) is 0. The van der Waals surface area contributed by atoms with Crippen LogP contribution in [0.1, 0.15) is 16.2 Å². The molecule has 140 valence electrons. The minimum Gasteiger partial charge on any atom is -0.422 e. The van der Waals surface area contributed by atoms with Gasteiger partial charge >= 0.3 is 5.63 Å². The van der Waals surface area contributed by atoms with Gasteiger partial charge in [-0.1, -0.05) is 18.2 Å². The number of carbonyl (C=O) groups is 1. The van der Waals surface area contributed by atoms with Crippen molar-refractivity contribution in [3.05, 3.63) is 58.2 Å². The molecule has 27 heavy (non-hydrogen) atoms. The van der Waals surface area contributed by atoms with E-state index in [1.54, 1.807) is 24.3 Å². The first-order chi connectivity index (χ1) is 12.9. The summed E-state index contributed by atoms with van der Waals surface area (Å²) in [4.78, 5) is 34.8. The molecule has 0 radical (unpaired) electrons. The van der Waals surface area contributed by atoms with Crippen molar-refractivity contribution >= 4 is 28.5 Å². The molecule has 1 amide bonds. The van der Waals surface area contributed by atoms with Crippen LogP contribution in [-0.2, 0) is 0 Å². The van der Waals surface area contributed by atoms with Gasteiger partial charge in [-0.2, -0.15) is 0 Å². The molecule has 2 N–H and O–H groups in total. The van der Waals surface area contributed by atoms with Gasteiger partial charge in [0.2, 0.25) is 0 Å². The minimum absolute atomic E-state index is 0.0125. The summed E-state index contributed by atoms with van der Waals surface area (Å²) in [5.41, 5.74) is -0.209. The van der Waals surface area contributed by atoms with Crippen molar-refractivity contribution < 1.29 is 9.21 Å². The first kappa shape index (κ1) is 18.4. The second kappa shape index (κ2) is 7.86. The Morgan fingerprint density at radius 1 is 1.15 bits per heavy atom. The van der Waals surface area contributed by atoms with Crippen LogP contribution < -0.4 is 21.2 Å². The smallest absolute Gasteiger partial charge is 0.349 e. The normalized spacial score (nSPS) is 10.6. The molecule has 0 bridgehead atoms. The fourth-order valence-electron chi connectivity index (χ4n) is 2.55. The molecular weight excluding hydrogens is 346 g/mol. The molecule has 0 aliphatic rings. The number of anilines is 2. The molecule has 3 aromatic rings. The second-order valence-corrected chi connectivity index (χ2v) is 6.22. The van der Waals surface area contributed by atoms with Crippen LogP contribution in [0.3, 0.4) is 0 Å². The standard InChI is InChI=1S/C19H21N5O3/c1-12-22-16(11-17(23-12)24(2)3)20-8-9-21-18(25)14-10-13-6-4-5-7-15(13)27-19(14)26/h4-7,10-11H,8-9H2,1-3H3,(H,21,25)(H,20,22,23). The second-order valence-electron chi connectivity index (χ2n) is 6.22. The van der Waals surface area contributed by atoms with Gasteiger partial charge in [-0.25, -0.2) is 14.8 Å². The summed E-state index contributed by atoms with van der Waals surface area (Å²) >= 11 is 0. The van der Waals surface area contributed by atoms with Crippen LogP contribution in [0.2, 0.25) is 0 Å². The molecule has 2 aromatic heterocycles. The fourth-order valence-corrected chi connectivity index (χ4v) is 2.55. The highest BCUT2D eigenvalue weighted by Gasteiger charge is 2.13. The number of aromatic nitrogens is 2. The Morgan fingerprint density at radius 3 is 2.70 bits per heavy atom. The van der Waals surface area contributed by atoms with E-state index in [1.807, 2.05) is 38.1 Å². The average molecular weight is 367 g/mol. The number of carbonyl (C=O) groups excluding carboxylic acids is 1. The molecule has 0 unspecified atom stereocenters. The maximum atomic E-state index is 12.3. The molecule has 3 rings (SSSR count). The van der Waals surface area contributed by atoms with E-state index in [-0.39, 0.29) is 5.56 Å². The maximum Gasteiger partial charge on any atom is 0.349 e. The Balaban J connectivity index is 1.60. The Bertz CT molecular complexity index is 1030. The van der Waals surface area contributed by atoms with E-state index in [9.17, 15) is 9.59 Å². The predicted octanol–water partition coefficient (Wildman–Crippen LogP) is 1.80. The Morgan fingerprint density at radius 2 is 1.93 bits per heavy atom. The Hall–Kier alpha value is -3.42. The number of hydrogen-bond acceptors (Lipinski definition) is 7. The van der Waals surface area contributed by atoms with E-state index in [4.69, 9.17) is 4.42 Å². The fraction of sp³-hybridized carbons (Fsp3) is 0.263. The zero-order valence-electron chi connectivity index (χ0n) is 15.4. The minimum atomic E-state index is -0.652. The van der Waals surface area contributed by atoms with E-state index in [0.717, 1.165) is 5.82 Å². The van der Waals surface area contributed by atoms with Gasteiger partial charge in [0.15, 0.2) is 0 Å². The third-order valence-electron chi connectivity index (χ3n) is 3.89. The summed E-state index contributed by atoms with van der Waals surface area (Å²) in [7, 11) is 3.81. The van der Waals surface area contributed by atoms with Crippen LogP contribution >= 0.6 is 0 Å². The number of para-hydroxylation sites is 1. The highest BCUT2D eigenvalue weighted by molar-refractivity contribution is 5.96. The first-order valence-corrected chi connectivity index (χ1v) is 8.52. The molecule has 0 saturated carbocycles. The summed E-state index contributed by atoms with van der Waals surface area (Å²) < 4.78 is 5.18. The van der Waals surface area contributed by atoms with E-state index in [1.165, 1.54) is 0 Å². The highest BCUT2D eigenvalue weighted by atomic mass is 16.4. The van der Waals surface area contributed by atoms with E-state index >= 15 is 0 Å². The Labute approximate surface area is 156 Å². The van der Waals surface area contributed by atoms with Crippen molar-refractivity contribution in [1.29, 1.82) is 0 Å². The van der Waals surface area contributed by atoms with Gasteiger partial charge < -0.3 is 20.0 Å². The zero-order valence-corrected chi connectivity index (χ0v) is 15.4. The lowest BCUT2D eigenvalue weighted by atomic mass is 10.2. The Kier molecular flexibility index (Phi) is 5.35. The largest absolute Gasteiger partial charge is 0.422 e. The van der Waals surface area contributed by atoms with Gasteiger partial charge in [0.05, 0.1) is 0 Å². The van der Waals surface area contributed by atoms with E-state index in [2.05, 4.69) is 20.6 Å². The lowest BCUT2D eigenvalue weighted by Crippen LogP contribution is -2.32. The SMILES string of the molecule is Cc1nc(NCCNC(=O)c2cc3ccccc3oc2=O)cc(N(C)C)n1. The highest BCUT2D eigenvalue weighted by Crippen LogP contribution is 2.13. The molecule has 8 nitrogen and oxygen atoms in total. The van der Waals surface area contributed by atoms with Gasteiger partial charge in [-0.15, -0.1) is 0 Å². The number of nitrogens with zero attached hydrogens (tertiary/aromatic N) is 3. The first-order valence-electron chi connectivity index (χ1n) is 8.52. The van der Waals surface area contributed by atoms with Gasteiger partial charge in [0.1, 0.15) is 28.6 Å². The van der Waals surface area contributed by atoms with Gasteiger partial charge in [0, 0.05) is 38.6 Å². The number of hydrogen-bond donors (Lipinski definition) is 2. The van der Waals surface area contributed by atoms with Crippen molar-refractivity contribution in [2.75, 3.05) is 37.4 Å². The van der Waals surface area contributed by atoms with Crippen molar-refractivity contribution in [1.82, 2.24) is 15.3 Å². The number of amides is 1. The van der Waals surface area contributed by atoms with Crippen LogP contribution in [0.4, 0.5) is 11.6 Å². The van der Waals surface area contributed by atoms with Gasteiger partial charge in [-0.3, -0.25) is 4.79 Å². The number of benzene rings is 1. The van der Waals surface area contributed by atoms with Crippen molar-refractivity contribution in [3.8, 4) is 0 Å². The van der Waals surface area contributed by atoms with Crippen LogP contribution in [0.15, 0.2) is 45.6 Å². The number of fused-ring (bicyclic) bond motifs is 1. The predicted molar refractivity (Wildman–Crippen MR) is 104 cm³/mol. The summed E-state index contributed by atoms with van der Waals surface area (Å²) in [6, 6.07) is 10.4. The van der Waals surface area contributed by atoms with Crippen LogP contribution in [0.25, 0.3) is 11.0 Å². The summed E-state index contributed by atoms with van der Waals surface area (Å²) in [6.45, 7) is 2.60. The average Bonchev–Trinajstić information content (AvgIpc) is 2.64. The van der Waals surface area contributed by atoms with Crippen molar-refractivity contribution in [2.45, 2.75) is 6.92 Å². The molecule has 2 heterocycles. The summed E-state index contributed by atoms with van der Waals surface area (Å²) in [5.74, 6) is 1.65. The van der Waals surface area contributed by atoms with Crippen LogP contribution in [-0.4, -0.2) is 43.1 Å². The topological polar surface area (TPSA) is 100 Å². The van der Waals surface area contributed by atoms with Crippen LogP contribution in [0.5, 0.6) is 0 Å². The quantitative estimate of drug-likeness (QED) is 0.506. The van der Waals surface area contributed by atoms with Crippen molar-refractivity contribution in [3.63, 3.8) is 0 Å². The van der Waals surface area contributed by atoms with E-state index < -0.39 is 11.5 Å². The van der Waals surface area contributed by atoms with Gasteiger partial charge in [0.25, 0.3) is 5.91 Å². The molecular formula is C19H21N5O3. The third-order valence-corrected chi connectivity index (χ3v) is 3.89. The zero-order chi connectivity index (χ0) is 19.4. The number of nitrogens with one attached hydrogen (secondary N) is 2. The molecule has 0 spiro atoms. The summed E-state index contributed by atoms with van der Waals surface area (Å²) in [5, 5.41) is 6.55. The van der Waals surface area contributed by atoms with Gasteiger partial charge in [-0.05, 0) is 19.1 Å².